The summed E-state index contributed by atoms with van der Waals surface area (Å²) in [6, 6.07) is 9.96. The molecule has 152 valence electrons. The second-order valence-electron chi connectivity index (χ2n) is 7.14. The molecule has 0 fully saturated rings. The van der Waals surface area contributed by atoms with Crippen molar-refractivity contribution >= 4 is 11.6 Å². The van der Waals surface area contributed by atoms with Crippen molar-refractivity contribution in [1.82, 2.24) is 24.4 Å². The van der Waals surface area contributed by atoms with E-state index >= 15 is 0 Å². The van der Waals surface area contributed by atoms with Gasteiger partial charge in [-0.15, -0.1) is 0 Å². The van der Waals surface area contributed by atoms with Crippen LogP contribution in [0.3, 0.4) is 0 Å². The number of aryl methyl sites for hydroxylation is 1. The van der Waals surface area contributed by atoms with Gasteiger partial charge in [-0.25, -0.2) is 9.97 Å². The van der Waals surface area contributed by atoms with Gasteiger partial charge in [0.25, 0.3) is 0 Å². The van der Waals surface area contributed by atoms with Crippen LogP contribution in [-0.4, -0.2) is 57.0 Å². The second kappa shape index (κ2) is 8.78. The zero-order valence-corrected chi connectivity index (χ0v) is 17.1. The van der Waals surface area contributed by atoms with Crippen LogP contribution in [0.15, 0.2) is 42.7 Å². The van der Waals surface area contributed by atoms with E-state index in [9.17, 15) is 10.1 Å². The van der Waals surface area contributed by atoms with E-state index in [0.717, 1.165) is 5.56 Å². The molecule has 3 aromatic rings. The molecule has 0 N–H and O–H groups in total. The number of aromatic nitrogens is 4. The quantitative estimate of drug-likeness (QED) is 0.427. The summed E-state index contributed by atoms with van der Waals surface area (Å²) < 4.78 is 1.64. The molecule has 1 aromatic carbocycles. The lowest BCUT2D eigenvalue weighted by Crippen LogP contribution is -2.23. The molecule has 0 radical (unpaired) electrons. The minimum absolute atomic E-state index is 0.0789. The fourth-order valence-electron chi connectivity index (χ4n) is 3.03. The largest absolute Gasteiger partial charge is 0.339 e. The standard InChI is InChI=1S/C20H25N7O2/c1-15-21-11-13-26(15)19-18(27(28)29)17(10-12-24(2)3)22-20(23-19)25(4)14-16-8-6-5-7-9-16/h5-9,11,13H,10,12,14H2,1-4H3. The highest BCUT2D eigenvalue weighted by atomic mass is 16.6. The Balaban J connectivity index is 2.10. The van der Waals surface area contributed by atoms with Crippen LogP contribution in [0.2, 0.25) is 0 Å². The molecule has 0 aliphatic carbocycles. The van der Waals surface area contributed by atoms with Crippen molar-refractivity contribution in [3.8, 4) is 5.82 Å². The van der Waals surface area contributed by atoms with Crippen LogP contribution in [0.5, 0.6) is 0 Å². The van der Waals surface area contributed by atoms with Gasteiger partial charge in [-0.3, -0.25) is 14.7 Å². The van der Waals surface area contributed by atoms with Gasteiger partial charge in [-0.05, 0) is 26.6 Å². The molecule has 3 rings (SSSR count). The molecule has 0 atom stereocenters. The maximum atomic E-state index is 11.9. The van der Waals surface area contributed by atoms with Crippen molar-refractivity contribution in [3.63, 3.8) is 0 Å². The Kier molecular flexibility index (Phi) is 6.18. The highest BCUT2D eigenvalue weighted by Gasteiger charge is 2.27. The van der Waals surface area contributed by atoms with Crippen molar-refractivity contribution in [1.29, 1.82) is 0 Å². The lowest BCUT2D eigenvalue weighted by molar-refractivity contribution is -0.385. The average Bonchev–Trinajstić information content (AvgIpc) is 3.12. The van der Waals surface area contributed by atoms with Gasteiger partial charge in [0.2, 0.25) is 11.8 Å². The van der Waals surface area contributed by atoms with Gasteiger partial charge in [0.1, 0.15) is 11.5 Å². The minimum atomic E-state index is -0.402. The Labute approximate surface area is 169 Å². The van der Waals surface area contributed by atoms with E-state index < -0.39 is 4.92 Å². The van der Waals surface area contributed by atoms with Crippen LogP contribution >= 0.6 is 0 Å². The first-order chi connectivity index (χ1) is 13.9. The Morgan fingerprint density at radius 2 is 1.86 bits per heavy atom. The first-order valence-electron chi connectivity index (χ1n) is 9.32. The summed E-state index contributed by atoms with van der Waals surface area (Å²) in [5.74, 6) is 1.31. The number of nitro groups is 1. The number of hydrogen-bond donors (Lipinski definition) is 0. The third-order valence-corrected chi connectivity index (χ3v) is 4.56. The molecule has 0 aliphatic heterocycles. The third kappa shape index (κ3) is 4.75. The molecule has 9 heteroatoms. The zero-order chi connectivity index (χ0) is 21.0. The smallest absolute Gasteiger partial charge is 0.333 e. The Hall–Kier alpha value is -3.33. The van der Waals surface area contributed by atoms with Gasteiger partial charge < -0.3 is 9.80 Å². The first kappa shape index (κ1) is 20.4. The molecule has 9 nitrogen and oxygen atoms in total. The SMILES string of the molecule is Cc1nccn1-c1nc(N(C)Cc2ccccc2)nc(CCN(C)C)c1[N+](=O)[O-]. The molecule has 2 aromatic heterocycles. The van der Waals surface area contributed by atoms with Crippen molar-refractivity contribution in [2.45, 2.75) is 19.9 Å². The summed E-state index contributed by atoms with van der Waals surface area (Å²) in [5.41, 5.74) is 1.44. The highest BCUT2D eigenvalue weighted by molar-refractivity contribution is 5.55. The number of imidazole rings is 1. The normalized spacial score (nSPS) is 11.1. The Morgan fingerprint density at radius 3 is 2.45 bits per heavy atom. The summed E-state index contributed by atoms with van der Waals surface area (Å²) in [7, 11) is 5.74. The summed E-state index contributed by atoms with van der Waals surface area (Å²) >= 11 is 0. The lowest BCUT2D eigenvalue weighted by atomic mass is 10.2. The van der Waals surface area contributed by atoms with Gasteiger partial charge in [0.15, 0.2) is 0 Å². The van der Waals surface area contributed by atoms with Crippen LogP contribution in [0.25, 0.3) is 5.82 Å². The van der Waals surface area contributed by atoms with Crippen molar-refractivity contribution in [2.75, 3.05) is 32.6 Å². The Bertz CT molecular complexity index is 986. The van der Waals surface area contributed by atoms with Crippen LogP contribution in [-0.2, 0) is 13.0 Å². The van der Waals surface area contributed by atoms with E-state index in [2.05, 4.69) is 15.0 Å². The number of anilines is 1. The summed E-state index contributed by atoms with van der Waals surface area (Å²) in [4.78, 5) is 28.7. The number of rotatable bonds is 8. The van der Waals surface area contributed by atoms with Crippen LogP contribution in [0.1, 0.15) is 17.1 Å². The van der Waals surface area contributed by atoms with Crippen LogP contribution < -0.4 is 4.90 Å². The molecular weight excluding hydrogens is 370 g/mol. The molecule has 0 unspecified atom stereocenters. The molecule has 0 spiro atoms. The van der Waals surface area contributed by atoms with Crippen LogP contribution in [0, 0.1) is 17.0 Å². The number of nitrogens with zero attached hydrogens (tertiary/aromatic N) is 7. The topological polar surface area (TPSA) is 93.2 Å². The molecule has 0 saturated carbocycles. The molecule has 2 heterocycles. The third-order valence-electron chi connectivity index (χ3n) is 4.56. The van der Waals surface area contributed by atoms with Gasteiger partial charge >= 0.3 is 5.69 Å². The zero-order valence-electron chi connectivity index (χ0n) is 17.1. The molecule has 0 amide bonds. The van der Waals surface area contributed by atoms with E-state index in [1.807, 2.05) is 61.3 Å². The van der Waals surface area contributed by atoms with E-state index in [1.165, 1.54) is 0 Å². The van der Waals surface area contributed by atoms with E-state index in [-0.39, 0.29) is 11.5 Å². The maximum Gasteiger partial charge on any atom is 0.333 e. The molecule has 29 heavy (non-hydrogen) atoms. The fourth-order valence-corrected chi connectivity index (χ4v) is 3.03. The van der Waals surface area contributed by atoms with Crippen LogP contribution in [0.4, 0.5) is 11.6 Å². The lowest BCUT2D eigenvalue weighted by Gasteiger charge is -2.20. The average molecular weight is 395 g/mol. The van der Waals surface area contributed by atoms with E-state index in [4.69, 9.17) is 0 Å². The van der Waals surface area contributed by atoms with Crippen molar-refractivity contribution < 1.29 is 4.92 Å². The molecule has 0 bridgehead atoms. The fraction of sp³-hybridized carbons (Fsp3) is 0.350. The van der Waals surface area contributed by atoms with Gasteiger partial charge in [0.05, 0.1) is 4.92 Å². The van der Waals surface area contributed by atoms with E-state index in [0.29, 0.717) is 37.0 Å². The van der Waals surface area contributed by atoms with Crippen molar-refractivity contribution in [2.24, 2.45) is 0 Å². The minimum Gasteiger partial charge on any atom is -0.339 e. The predicted octanol–water partition coefficient (Wildman–Crippen LogP) is 2.62. The maximum absolute atomic E-state index is 11.9. The number of benzene rings is 1. The number of likely N-dealkylation sites (N-methyl/N-ethyl adjacent to an activating group) is 1. The summed E-state index contributed by atoms with van der Waals surface area (Å²) in [5, 5.41) is 11.9. The number of hydrogen-bond acceptors (Lipinski definition) is 7. The Morgan fingerprint density at radius 1 is 1.14 bits per heavy atom. The second-order valence-corrected chi connectivity index (χ2v) is 7.14. The van der Waals surface area contributed by atoms with Gasteiger partial charge in [0, 0.05) is 39.0 Å². The van der Waals surface area contributed by atoms with Gasteiger partial charge in [-0.1, -0.05) is 30.3 Å². The highest BCUT2D eigenvalue weighted by Crippen LogP contribution is 2.28. The van der Waals surface area contributed by atoms with E-state index in [1.54, 1.807) is 23.9 Å². The van der Waals surface area contributed by atoms with Gasteiger partial charge in [-0.2, -0.15) is 4.98 Å². The molecule has 0 saturated heterocycles. The monoisotopic (exact) mass is 395 g/mol. The first-order valence-corrected chi connectivity index (χ1v) is 9.32. The summed E-state index contributed by atoms with van der Waals surface area (Å²) in [6.45, 7) is 3.02. The summed E-state index contributed by atoms with van der Waals surface area (Å²) in [6.07, 6.45) is 3.73. The van der Waals surface area contributed by atoms with Crippen molar-refractivity contribution in [3.05, 3.63) is 69.9 Å². The molecular formula is C20H25N7O2. The predicted molar refractivity (Wildman–Crippen MR) is 111 cm³/mol. The molecule has 0 aliphatic rings.